The lowest BCUT2D eigenvalue weighted by molar-refractivity contribution is -0.139. The summed E-state index contributed by atoms with van der Waals surface area (Å²) in [6, 6.07) is 18.4. The summed E-state index contributed by atoms with van der Waals surface area (Å²) in [5, 5.41) is 2.75. The molecule has 196 valence electrons. The van der Waals surface area contributed by atoms with Crippen LogP contribution in [0.15, 0.2) is 72.8 Å². The van der Waals surface area contributed by atoms with Crippen LogP contribution in [0.2, 0.25) is 10.0 Å². The van der Waals surface area contributed by atoms with E-state index < -0.39 is 40.2 Å². The topological polar surface area (TPSA) is 86.8 Å². The van der Waals surface area contributed by atoms with Gasteiger partial charge in [-0.2, -0.15) is 0 Å². The lowest BCUT2D eigenvalue weighted by Gasteiger charge is -2.33. The second-order valence-electron chi connectivity index (χ2n) is 8.34. The Morgan fingerprint density at radius 2 is 1.65 bits per heavy atom. The molecule has 3 aromatic carbocycles. The summed E-state index contributed by atoms with van der Waals surface area (Å²) in [4.78, 5) is 28.1. The number of sulfonamides is 1. The number of nitrogens with one attached hydrogen (secondary N) is 1. The highest BCUT2D eigenvalue weighted by atomic mass is 35.5. The van der Waals surface area contributed by atoms with Crippen LogP contribution in [-0.2, 0) is 32.6 Å². The Bertz CT molecular complexity index is 1370. The monoisotopic (exact) mass is 565 g/mol. The molecular weight excluding hydrogens is 540 g/mol. The molecule has 0 aromatic heterocycles. The number of benzene rings is 3. The second-order valence-corrected chi connectivity index (χ2v) is 11.1. The molecule has 7 nitrogen and oxygen atoms in total. The zero-order chi connectivity index (χ0) is 27.2. The Morgan fingerprint density at radius 3 is 2.24 bits per heavy atom. The minimum Gasteiger partial charge on any atom is -0.357 e. The summed E-state index contributed by atoms with van der Waals surface area (Å²) < 4.78 is 39.9. The van der Waals surface area contributed by atoms with Crippen molar-refractivity contribution < 1.29 is 22.4 Å². The molecule has 0 aliphatic carbocycles. The van der Waals surface area contributed by atoms with Crippen molar-refractivity contribution in [3.8, 4) is 0 Å². The summed E-state index contributed by atoms with van der Waals surface area (Å²) in [7, 11) is -2.52. The fourth-order valence-corrected chi connectivity index (χ4v) is 5.04. The van der Waals surface area contributed by atoms with Gasteiger partial charge in [0.25, 0.3) is 0 Å². The molecule has 3 aromatic rings. The summed E-state index contributed by atoms with van der Waals surface area (Å²) in [5.74, 6) is -1.79. The van der Waals surface area contributed by atoms with E-state index in [1.54, 1.807) is 24.3 Å². The molecule has 0 bridgehead atoms. The average Bonchev–Trinajstić information content (AvgIpc) is 2.86. The molecule has 1 atom stereocenters. The van der Waals surface area contributed by atoms with Crippen molar-refractivity contribution in [1.82, 2.24) is 10.2 Å². The van der Waals surface area contributed by atoms with Gasteiger partial charge in [0.05, 0.1) is 17.0 Å². The first kappa shape index (κ1) is 28.4. The summed E-state index contributed by atoms with van der Waals surface area (Å²) in [6.45, 7) is -0.643. The van der Waals surface area contributed by atoms with Crippen LogP contribution in [0.4, 0.5) is 10.1 Å². The van der Waals surface area contributed by atoms with E-state index in [2.05, 4.69) is 5.32 Å². The number of halogens is 3. The Morgan fingerprint density at radius 1 is 0.973 bits per heavy atom. The largest absolute Gasteiger partial charge is 0.357 e. The van der Waals surface area contributed by atoms with E-state index in [1.165, 1.54) is 18.0 Å². The second kappa shape index (κ2) is 12.4. The molecule has 11 heteroatoms. The lowest BCUT2D eigenvalue weighted by Crippen LogP contribution is -2.52. The fourth-order valence-electron chi connectivity index (χ4n) is 3.81. The fraction of sp³-hybridized carbons (Fsp3) is 0.231. The van der Waals surface area contributed by atoms with Crippen molar-refractivity contribution in [3.63, 3.8) is 0 Å². The molecule has 3 rings (SSSR count). The molecular formula is C26H26Cl2FN3O4S. The maximum atomic E-state index is 13.8. The van der Waals surface area contributed by atoms with Crippen molar-refractivity contribution in [2.75, 3.05) is 24.2 Å². The van der Waals surface area contributed by atoms with Gasteiger partial charge in [-0.1, -0.05) is 65.7 Å². The molecule has 0 heterocycles. The zero-order valence-electron chi connectivity index (χ0n) is 20.2. The van der Waals surface area contributed by atoms with Crippen LogP contribution >= 0.6 is 23.2 Å². The SMILES string of the molecule is CNC(=O)[C@@H](Cc1ccccc1)N(Cc1cccc(Cl)c1)C(=O)CN(c1ccc(F)c(Cl)c1)S(C)(=O)=O. The average molecular weight is 566 g/mol. The molecule has 0 spiro atoms. The maximum absolute atomic E-state index is 13.8. The third-order valence-electron chi connectivity index (χ3n) is 5.63. The van der Waals surface area contributed by atoms with E-state index in [4.69, 9.17) is 23.2 Å². The van der Waals surface area contributed by atoms with Crippen LogP contribution in [0.25, 0.3) is 0 Å². The molecule has 0 radical (unpaired) electrons. The first-order valence-corrected chi connectivity index (χ1v) is 13.8. The van der Waals surface area contributed by atoms with Crippen LogP contribution in [-0.4, -0.2) is 51.0 Å². The number of hydrogen-bond donors (Lipinski definition) is 1. The molecule has 2 amide bonds. The van der Waals surface area contributed by atoms with Crippen LogP contribution in [0, 0.1) is 5.82 Å². The van der Waals surface area contributed by atoms with Crippen LogP contribution in [0.1, 0.15) is 11.1 Å². The van der Waals surface area contributed by atoms with Crippen molar-refractivity contribution >= 4 is 50.7 Å². The minimum absolute atomic E-state index is 0.00785. The Hall–Kier alpha value is -3.14. The molecule has 0 aliphatic heterocycles. The number of rotatable bonds is 10. The van der Waals surface area contributed by atoms with Crippen molar-refractivity contribution in [1.29, 1.82) is 0 Å². The third-order valence-corrected chi connectivity index (χ3v) is 7.30. The predicted molar refractivity (Wildman–Crippen MR) is 144 cm³/mol. The minimum atomic E-state index is -3.98. The van der Waals surface area contributed by atoms with Gasteiger partial charge in [-0.15, -0.1) is 0 Å². The van der Waals surface area contributed by atoms with Gasteiger partial charge in [-0.25, -0.2) is 12.8 Å². The highest BCUT2D eigenvalue weighted by molar-refractivity contribution is 7.92. The Kier molecular flexibility index (Phi) is 9.53. The smallest absolute Gasteiger partial charge is 0.244 e. The lowest BCUT2D eigenvalue weighted by atomic mass is 10.0. The summed E-state index contributed by atoms with van der Waals surface area (Å²) in [6.07, 6.45) is 1.12. The number of nitrogens with zero attached hydrogens (tertiary/aromatic N) is 2. The van der Waals surface area contributed by atoms with E-state index >= 15 is 0 Å². The van der Waals surface area contributed by atoms with Gasteiger partial charge < -0.3 is 10.2 Å². The molecule has 0 fully saturated rings. The molecule has 0 saturated carbocycles. The van der Waals surface area contributed by atoms with Gasteiger partial charge in [0.1, 0.15) is 18.4 Å². The van der Waals surface area contributed by atoms with Gasteiger partial charge in [0.2, 0.25) is 21.8 Å². The van der Waals surface area contributed by atoms with Crippen molar-refractivity contribution in [3.05, 3.63) is 99.8 Å². The standard InChI is InChI=1S/C26H26Cl2FN3O4S/c1-30-26(34)24(14-18-7-4-3-5-8-18)31(16-19-9-6-10-20(27)13-19)25(33)17-32(37(2,35)36)21-11-12-23(29)22(28)15-21/h3-13,15,24H,14,16-17H2,1-2H3,(H,30,34)/t24-/m1/s1. The number of hydrogen-bond acceptors (Lipinski definition) is 4. The first-order valence-electron chi connectivity index (χ1n) is 11.2. The quantitative estimate of drug-likeness (QED) is 0.397. The maximum Gasteiger partial charge on any atom is 0.244 e. The van der Waals surface area contributed by atoms with Gasteiger partial charge >= 0.3 is 0 Å². The normalized spacial score (nSPS) is 12.0. The van der Waals surface area contributed by atoms with Crippen molar-refractivity contribution in [2.45, 2.75) is 19.0 Å². The summed E-state index contributed by atoms with van der Waals surface area (Å²) in [5.41, 5.74) is 1.48. The molecule has 0 saturated heterocycles. The van der Waals surface area contributed by atoms with E-state index in [1.807, 2.05) is 30.3 Å². The number of anilines is 1. The van der Waals surface area contributed by atoms with E-state index in [9.17, 15) is 22.4 Å². The zero-order valence-corrected chi connectivity index (χ0v) is 22.5. The van der Waals surface area contributed by atoms with Gasteiger partial charge in [0.15, 0.2) is 0 Å². The Labute approximate surface area is 225 Å². The number of carbonyl (C=O) groups excluding carboxylic acids is 2. The van der Waals surface area contributed by atoms with Crippen LogP contribution in [0.3, 0.4) is 0 Å². The number of carbonyl (C=O) groups is 2. The van der Waals surface area contributed by atoms with E-state index in [0.29, 0.717) is 10.6 Å². The van der Waals surface area contributed by atoms with Crippen LogP contribution < -0.4 is 9.62 Å². The van der Waals surface area contributed by atoms with E-state index in [-0.39, 0.29) is 23.7 Å². The predicted octanol–water partition coefficient (Wildman–Crippen LogP) is 4.28. The van der Waals surface area contributed by atoms with Gasteiger partial charge in [-0.05, 0) is 41.5 Å². The number of amides is 2. The molecule has 0 aliphatic rings. The number of likely N-dealkylation sites (N-methyl/N-ethyl adjacent to an activating group) is 1. The van der Waals surface area contributed by atoms with Crippen molar-refractivity contribution in [2.24, 2.45) is 0 Å². The highest BCUT2D eigenvalue weighted by Crippen LogP contribution is 2.25. The van der Waals surface area contributed by atoms with Gasteiger partial charge in [0, 0.05) is 25.0 Å². The molecule has 37 heavy (non-hydrogen) atoms. The van der Waals surface area contributed by atoms with E-state index in [0.717, 1.165) is 28.3 Å². The van der Waals surface area contributed by atoms with Gasteiger partial charge in [-0.3, -0.25) is 13.9 Å². The highest BCUT2D eigenvalue weighted by Gasteiger charge is 2.32. The molecule has 0 unspecified atom stereocenters. The third kappa shape index (κ3) is 7.67. The summed E-state index contributed by atoms with van der Waals surface area (Å²) >= 11 is 12.0. The Balaban J connectivity index is 2.04. The first-order chi connectivity index (χ1) is 17.5. The molecule has 1 N–H and O–H groups in total. The van der Waals surface area contributed by atoms with Crippen LogP contribution in [0.5, 0.6) is 0 Å².